The van der Waals surface area contributed by atoms with Crippen molar-refractivity contribution in [1.29, 1.82) is 0 Å². The lowest BCUT2D eigenvalue weighted by Gasteiger charge is -2.60. The van der Waals surface area contributed by atoms with Crippen molar-refractivity contribution in [3.05, 3.63) is 11.6 Å². The van der Waals surface area contributed by atoms with Crippen molar-refractivity contribution in [3.63, 3.8) is 0 Å². The van der Waals surface area contributed by atoms with Crippen LogP contribution in [0, 0.1) is 34.5 Å². The van der Waals surface area contributed by atoms with Crippen LogP contribution in [0.4, 0.5) is 0 Å². The van der Waals surface area contributed by atoms with Gasteiger partial charge in [0.1, 0.15) is 0 Å². The second-order valence-corrected chi connectivity index (χ2v) is 9.00. The smallest absolute Gasteiger partial charge is 0.159 e. The Morgan fingerprint density at radius 2 is 1.95 bits per heavy atom. The number of ketones is 1. The first-order chi connectivity index (χ1) is 10.3. The minimum Gasteiger partial charge on any atom is -0.396 e. The van der Waals surface area contributed by atoms with Gasteiger partial charge in [0.2, 0.25) is 0 Å². The van der Waals surface area contributed by atoms with Crippen molar-refractivity contribution >= 4 is 5.78 Å². The molecule has 1 N–H and O–H groups in total. The van der Waals surface area contributed by atoms with Gasteiger partial charge >= 0.3 is 0 Å². The molecule has 0 aromatic heterocycles. The van der Waals surface area contributed by atoms with Crippen LogP contribution in [0.1, 0.15) is 66.2 Å². The highest BCUT2D eigenvalue weighted by Gasteiger charge is 2.58. The van der Waals surface area contributed by atoms with Crippen LogP contribution in [0.5, 0.6) is 0 Å². The fourth-order valence-corrected chi connectivity index (χ4v) is 6.46. The highest BCUT2D eigenvalue weighted by Crippen LogP contribution is 2.63. The Bertz CT molecular complexity index is 490. The fraction of sp³-hybridized carbons (Fsp3) is 0.850. The van der Waals surface area contributed by atoms with Crippen molar-refractivity contribution in [2.75, 3.05) is 6.61 Å². The summed E-state index contributed by atoms with van der Waals surface area (Å²) >= 11 is 0. The molecule has 5 atom stereocenters. The summed E-state index contributed by atoms with van der Waals surface area (Å²) in [7, 11) is 0. The van der Waals surface area contributed by atoms with Crippen molar-refractivity contribution in [2.45, 2.75) is 66.2 Å². The van der Waals surface area contributed by atoms with Gasteiger partial charge in [0.25, 0.3) is 0 Å². The molecular formula is C20H32O2. The number of carbonyl (C=O) groups is 1. The molecule has 0 aromatic rings. The van der Waals surface area contributed by atoms with Crippen LogP contribution in [0.2, 0.25) is 0 Å². The predicted molar refractivity (Wildman–Crippen MR) is 89.4 cm³/mol. The van der Waals surface area contributed by atoms with Gasteiger partial charge in [-0.1, -0.05) is 39.7 Å². The number of hydrogen-bond acceptors (Lipinski definition) is 2. The van der Waals surface area contributed by atoms with Crippen LogP contribution in [0.15, 0.2) is 11.6 Å². The molecule has 0 spiro atoms. The fourth-order valence-electron chi connectivity index (χ4n) is 6.46. The van der Waals surface area contributed by atoms with Crippen LogP contribution in [0.25, 0.3) is 0 Å². The lowest BCUT2D eigenvalue weighted by atomic mass is 9.43. The first kappa shape index (κ1) is 16.2. The second-order valence-electron chi connectivity index (χ2n) is 9.00. The van der Waals surface area contributed by atoms with E-state index in [0.717, 1.165) is 0 Å². The van der Waals surface area contributed by atoms with Crippen molar-refractivity contribution in [1.82, 2.24) is 0 Å². The van der Waals surface area contributed by atoms with Gasteiger partial charge in [0, 0.05) is 12.5 Å². The topological polar surface area (TPSA) is 37.3 Å². The Balaban J connectivity index is 1.98. The second kappa shape index (κ2) is 5.47. The lowest BCUT2D eigenvalue weighted by Crippen LogP contribution is -2.56. The van der Waals surface area contributed by atoms with Gasteiger partial charge in [0.05, 0.1) is 0 Å². The number of fused-ring (bicyclic) bond motifs is 3. The van der Waals surface area contributed by atoms with E-state index in [-0.39, 0.29) is 17.9 Å². The zero-order valence-corrected chi connectivity index (χ0v) is 14.7. The maximum atomic E-state index is 13.0. The van der Waals surface area contributed by atoms with Gasteiger partial charge in [0.15, 0.2) is 5.78 Å². The van der Waals surface area contributed by atoms with Crippen LogP contribution < -0.4 is 0 Å². The van der Waals surface area contributed by atoms with Gasteiger partial charge in [-0.15, -0.1) is 0 Å². The van der Waals surface area contributed by atoms with Gasteiger partial charge in [-0.3, -0.25) is 4.79 Å². The molecule has 2 saturated carbocycles. The summed E-state index contributed by atoms with van der Waals surface area (Å²) in [6.07, 6.45) is 8.81. The largest absolute Gasteiger partial charge is 0.396 e. The Hall–Kier alpha value is -0.630. The zero-order chi connectivity index (χ0) is 16.1. The van der Waals surface area contributed by atoms with E-state index in [1.165, 1.54) is 37.7 Å². The van der Waals surface area contributed by atoms with Crippen LogP contribution in [-0.4, -0.2) is 17.5 Å². The average Bonchev–Trinajstić information content (AvgIpc) is 2.42. The molecular weight excluding hydrogens is 272 g/mol. The molecule has 0 amide bonds. The van der Waals surface area contributed by atoms with Crippen molar-refractivity contribution in [3.8, 4) is 0 Å². The van der Waals surface area contributed by atoms with Gasteiger partial charge in [-0.2, -0.15) is 0 Å². The first-order valence-corrected chi connectivity index (χ1v) is 9.16. The molecule has 3 aliphatic carbocycles. The molecule has 2 heteroatoms. The third-order valence-electron chi connectivity index (χ3n) is 7.46. The molecule has 124 valence electrons. The maximum Gasteiger partial charge on any atom is 0.159 e. The normalized spacial score (nSPS) is 44.0. The van der Waals surface area contributed by atoms with E-state index in [1.807, 2.05) is 6.08 Å². The monoisotopic (exact) mass is 304 g/mol. The minimum atomic E-state index is 0.160. The van der Waals surface area contributed by atoms with Gasteiger partial charge in [-0.05, 0) is 66.8 Å². The Morgan fingerprint density at radius 3 is 2.64 bits per heavy atom. The molecule has 3 aliphatic rings. The number of aliphatic hydroxyl groups excluding tert-OH is 1. The molecule has 5 unspecified atom stereocenters. The Labute approximate surface area is 135 Å². The Morgan fingerprint density at radius 1 is 1.23 bits per heavy atom. The molecule has 2 nitrogen and oxygen atoms in total. The molecule has 2 fully saturated rings. The maximum absolute atomic E-state index is 13.0. The summed E-state index contributed by atoms with van der Waals surface area (Å²) < 4.78 is 0. The molecule has 0 aromatic carbocycles. The Kier molecular flexibility index (Phi) is 4.04. The van der Waals surface area contributed by atoms with Crippen LogP contribution in [0.3, 0.4) is 0 Å². The van der Waals surface area contributed by atoms with E-state index in [9.17, 15) is 9.90 Å². The van der Waals surface area contributed by atoms with E-state index in [4.69, 9.17) is 0 Å². The van der Waals surface area contributed by atoms with E-state index < -0.39 is 0 Å². The predicted octanol–water partition coefficient (Wildman–Crippen LogP) is 4.37. The summed E-state index contributed by atoms with van der Waals surface area (Å²) in [5.74, 6) is 2.20. The van der Waals surface area contributed by atoms with Gasteiger partial charge in [-0.25, -0.2) is 0 Å². The molecule has 0 saturated heterocycles. The summed E-state index contributed by atoms with van der Waals surface area (Å²) in [6, 6.07) is 0. The van der Waals surface area contributed by atoms with Crippen LogP contribution >= 0.6 is 0 Å². The molecule has 22 heavy (non-hydrogen) atoms. The van der Waals surface area contributed by atoms with Crippen LogP contribution in [-0.2, 0) is 4.79 Å². The van der Waals surface area contributed by atoms with E-state index in [1.54, 1.807) is 0 Å². The van der Waals surface area contributed by atoms with E-state index in [2.05, 4.69) is 27.7 Å². The molecule has 0 heterocycles. The van der Waals surface area contributed by atoms with Gasteiger partial charge < -0.3 is 5.11 Å². The summed E-state index contributed by atoms with van der Waals surface area (Å²) in [6.45, 7) is 9.68. The van der Waals surface area contributed by atoms with Crippen molar-refractivity contribution in [2.24, 2.45) is 34.5 Å². The number of allylic oxidation sites excluding steroid dienone is 1. The number of rotatable bonds is 2. The molecule has 0 radical (unpaired) electrons. The van der Waals surface area contributed by atoms with Crippen molar-refractivity contribution < 1.29 is 9.90 Å². The third-order valence-corrected chi connectivity index (χ3v) is 7.46. The lowest BCUT2D eigenvalue weighted by molar-refractivity contribution is -0.146. The summed E-state index contributed by atoms with van der Waals surface area (Å²) in [4.78, 5) is 13.0. The quantitative estimate of drug-likeness (QED) is 0.822. The highest BCUT2D eigenvalue weighted by atomic mass is 16.3. The standard InChI is InChI=1S/C20H32O2/c1-13-14(8-11-21)12-16(22)18-15(13)6-7-17-19(2,3)9-5-10-20(17,18)4/h12-13,15,17-18,21H,5-11H2,1-4H3. The van der Waals surface area contributed by atoms with E-state index >= 15 is 0 Å². The molecule has 0 aliphatic heterocycles. The number of aliphatic hydroxyl groups is 1. The molecule has 3 rings (SSSR count). The number of carbonyl (C=O) groups excluding carboxylic acids is 1. The third kappa shape index (κ3) is 2.29. The highest BCUT2D eigenvalue weighted by molar-refractivity contribution is 5.94. The SMILES string of the molecule is CC1C(CCO)=CC(=O)C2C1CCC1C(C)(C)CCCC21C. The molecule has 0 bridgehead atoms. The zero-order valence-electron chi connectivity index (χ0n) is 14.7. The number of hydrogen-bond donors (Lipinski definition) is 1. The average molecular weight is 304 g/mol. The summed E-state index contributed by atoms with van der Waals surface area (Å²) in [5, 5.41) is 9.27. The minimum absolute atomic E-state index is 0.160. The van der Waals surface area contributed by atoms with E-state index in [0.29, 0.717) is 35.4 Å². The first-order valence-electron chi connectivity index (χ1n) is 9.16. The summed E-state index contributed by atoms with van der Waals surface area (Å²) in [5.41, 5.74) is 1.74.